The van der Waals surface area contributed by atoms with E-state index in [-0.39, 0.29) is 13.2 Å². The fourth-order valence-electron chi connectivity index (χ4n) is 2.49. The van der Waals surface area contributed by atoms with Crippen molar-refractivity contribution in [3.05, 3.63) is 0 Å². The molecule has 0 aromatic carbocycles. The summed E-state index contributed by atoms with van der Waals surface area (Å²) in [4.78, 5) is 2.61. The van der Waals surface area contributed by atoms with Crippen LogP contribution in [0.1, 0.15) is 26.2 Å². The zero-order valence-electron chi connectivity index (χ0n) is 12.7. The molecule has 0 amide bonds. The van der Waals surface area contributed by atoms with E-state index in [1.54, 1.807) is 0 Å². The maximum atomic E-state index is 12.5. The van der Waals surface area contributed by atoms with Gasteiger partial charge < -0.3 is 9.64 Å². The Balaban J connectivity index is 2.10. The quantitative estimate of drug-likeness (QED) is 0.389. The molecule has 0 spiro atoms. The molecular formula is C15H25F3N2O. The molecule has 1 heterocycles. The van der Waals surface area contributed by atoms with Gasteiger partial charge in [-0.3, -0.25) is 0 Å². The van der Waals surface area contributed by atoms with Gasteiger partial charge in [0, 0.05) is 13.1 Å². The van der Waals surface area contributed by atoms with Crippen molar-refractivity contribution < 1.29 is 17.9 Å². The molecule has 1 rings (SSSR count). The van der Waals surface area contributed by atoms with Gasteiger partial charge in [-0.05, 0) is 31.8 Å². The second-order valence-electron chi connectivity index (χ2n) is 5.40. The molecule has 0 bridgehead atoms. The first-order valence-corrected chi connectivity index (χ1v) is 7.52. The molecule has 21 heavy (non-hydrogen) atoms. The average Bonchev–Trinajstić information content (AvgIpc) is 2.45. The molecule has 6 heteroatoms. The van der Waals surface area contributed by atoms with Gasteiger partial charge in [-0.25, -0.2) is 4.90 Å². The molecule has 3 nitrogen and oxygen atoms in total. The summed E-state index contributed by atoms with van der Waals surface area (Å²) >= 11 is 0. The molecule has 1 fully saturated rings. The molecule has 122 valence electrons. The van der Waals surface area contributed by atoms with Crippen molar-refractivity contribution in [3.63, 3.8) is 0 Å². The number of piperidine rings is 1. The highest BCUT2D eigenvalue weighted by atomic mass is 19.4. The van der Waals surface area contributed by atoms with Crippen LogP contribution in [0.25, 0.3) is 0 Å². The fourth-order valence-corrected chi connectivity index (χ4v) is 2.49. The molecule has 0 N–H and O–H groups in total. The summed E-state index contributed by atoms with van der Waals surface area (Å²) < 4.78 is 42.9. The first kappa shape index (κ1) is 18.3. The Labute approximate surface area is 125 Å². The van der Waals surface area contributed by atoms with Gasteiger partial charge in [-0.15, -0.1) is 6.42 Å². The van der Waals surface area contributed by atoms with Crippen molar-refractivity contribution in [3.8, 4) is 12.3 Å². The van der Waals surface area contributed by atoms with E-state index < -0.39 is 12.8 Å². The minimum absolute atomic E-state index is 0.0482. The highest BCUT2D eigenvalue weighted by Crippen LogP contribution is 2.20. The number of likely N-dealkylation sites (tertiary alicyclic amines) is 1. The number of nitrogens with zero attached hydrogens (tertiary/aromatic N) is 2. The Morgan fingerprint density at radius 3 is 2.48 bits per heavy atom. The average molecular weight is 306 g/mol. The van der Waals surface area contributed by atoms with Gasteiger partial charge in [-0.2, -0.15) is 13.2 Å². The Kier molecular flexibility index (Phi) is 8.09. The molecule has 0 unspecified atom stereocenters. The van der Waals surface area contributed by atoms with Crippen molar-refractivity contribution in [2.24, 2.45) is 5.92 Å². The zero-order valence-corrected chi connectivity index (χ0v) is 12.7. The standard InChI is InChI=1S/C15H25F3N2O/c1-3-7-20(15(16,17)18)11-13-21-12-10-19-8-5-14(4-2)6-9-19/h1,14H,4-13H2,2H3. The van der Waals surface area contributed by atoms with Crippen molar-refractivity contribution in [2.45, 2.75) is 32.5 Å². The Morgan fingerprint density at radius 2 is 1.95 bits per heavy atom. The van der Waals surface area contributed by atoms with E-state index in [9.17, 15) is 13.2 Å². The first-order valence-electron chi connectivity index (χ1n) is 7.52. The Morgan fingerprint density at radius 1 is 1.29 bits per heavy atom. The summed E-state index contributed by atoms with van der Waals surface area (Å²) in [5, 5.41) is 0. The fraction of sp³-hybridized carbons (Fsp3) is 0.867. The van der Waals surface area contributed by atoms with Gasteiger partial charge in [0.05, 0.1) is 19.8 Å². The van der Waals surface area contributed by atoms with Crippen LogP contribution in [0.15, 0.2) is 0 Å². The summed E-state index contributed by atoms with van der Waals surface area (Å²) in [6.07, 6.45) is 4.19. The van der Waals surface area contributed by atoms with E-state index in [1.807, 2.05) is 5.92 Å². The third-order valence-corrected chi connectivity index (χ3v) is 3.98. The predicted molar refractivity (Wildman–Crippen MR) is 76.7 cm³/mol. The molecule has 1 aliphatic heterocycles. The lowest BCUT2D eigenvalue weighted by molar-refractivity contribution is -0.243. The number of rotatable bonds is 8. The predicted octanol–water partition coefficient (Wildman–Crippen LogP) is 2.58. The normalized spacial score (nSPS) is 18.1. The summed E-state index contributed by atoms with van der Waals surface area (Å²) in [5.74, 6) is 2.84. The smallest absolute Gasteiger partial charge is 0.379 e. The van der Waals surface area contributed by atoms with E-state index in [0.717, 1.165) is 25.6 Å². The number of hydrogen-bond acceptors (Lipinski definition) is 3. The van der Waals surface area contributed by atoms with Crippen molar-refractivity contribution in [1.29, 1.82) is 0 Å². The topological polar surface area (TPSA) is 15.7 Å². The van der Waals surface area contributed by atoms with E-state index in [0.29, 0.717) is 11.5 Å². The lowest BCUT2D eigenvalue weighted by Crippen LogP contribution is -2.41. The van der Waals surface area contributed by atoms with Crippen LogP contribution in [0, 0.1) is 18.3 Å². The molecule has 0 aromatic heterocycles. The number of hydrogen-bond donors (Lipinski definition) is 0. The molecule has 0 aromatic rings. The highest BCUT2D eigenvalue weighted by molar-refractivity contribution is 4.88. The lowest BCUT2D eigenvalue weighted by Gasteiger charge is -2.31. The molecule has 1 saturated heterocycles. The van der Waals surface area contributed by atoms with Crippen molar-refractivity contribution >= 4 is 0 Å². The second-order valence-corrected chi connectivity index (χ2v) is 5.40. The summed E-state index contributed by atoms with van der Waals surface area (Å²) in [5.41, 5.74) is 0. The molecule has 0 atom stereocenters. The SMILES string of the molecule is C#CCN(CCOCCN1CCC(CC)CC1)C(F)(F)F. The minimum atomic E-state index is -4.39. The minimum Gasteiger partial charge on any atom is -0.379 e. The second kappa shape index (κ2) is 9.29. The van der Waals surface area contributed by atoms with E-state index >= 15 is 0 Å². The number of halogens is 3. The number of terminal acetylenes is 1. The largest absolute Gasteiger partial charge is 0.460 e. The summed E-state index contributed by atoms with van der Waals surface area (Å²) in [7, 11) is 0. The van der Waals surface area contributed by atoms with Gasteiger partial charge in [0.15, 0.2) is 0 Å². The van der Waals surface area contributed by atoms with Gasteiger partial charge in [-0.1, -0.05) is 19.3 Å². The van der Waals surface area contributed by atoms with Gasteiger partial charge >= 0.3 is 6.30 Å². The third kappa shape index (κ3) is 7.16. The molecule has 0 saturated carbocycles. The third-order valence-electron chi connectivity index (χ3n) is 3.98. The summed E-state index contributed by atoms with van der Waals surface area (Å²) in [6, 6.07) is 0. The van der Waals surface area contributed by atoms with Crippen LogP contribution in [-0.2, 0) is 4.74 Å². The Bertz CT molecular complexity index is 320. The highest BCUT2D eigenvalue weighted by Gasteiger charge is 2.36. The van der Waals surface area contributed by atoms with Gasteiger partial charge in [0.25, 0.3) is 0 Å². The van der Waals surface area contributed by atoms with Crippen LogP contribution < -0.4 is 0 Å². The van der Waals surface area contributed by atoms with Crippen LogP contribution >= 0.6 is 0 Å². The van der Waals surface area contributed by atoms with Crippen LogP contribution in [-0.4, -0.2) is 62.0 Å². The molecule has 0 aliphatic carbocycles. The first-order chi connectivity index (χ1) is 9.97. The van der Waals surface area contributed by atoms with Crippen LogP contribution in [0.5, 0.6) is 0 Å². The van der Waals surface area contributed by atoms with Crippen LogP contribution in [0.4, 0.5) is 13.2 Å². The summed E-state index contributed by atoms with van der Waals surface area (Å²) in [6.45, 7) is 5.00. The lowest BCUT2D eigenvalue weighted by atomic mass is 9.94. The van der Waals surface area contributed by atoms with Crippen molar-refractivity contribution in [1.82, 2.24) is 9.80 Å². The Hall–Kier alpha value is -0.770. The maximum Gasteiger partial charge on any atom is 0.460 e. The monoisotopic (exact) mass is 306 g/mol. The van der Waals surface area contributed by atoms with E-state index in [4.69, 9.17) is 11.2 Å². The van der Waals surface area contributed by atoms with E-state index in [1.165, 1.54) is 19.3 Å². The van der Waals surface area contributed by atoms with E-state index in [2.05, 4.69) is 11.8 Å². The molecule has 0 radical (unpaired) electrons. The van der Waals surface area contributed by atoms with Gasteiger partial charge in [0.1, 0.15) is 0 Å². The van der Waals surface area contributed by atoms with Crippen LogP contribution in [0.2, 0.25) is 0 Å². The number of alkyl halides is 3. The molecular weight excluding hydrogens is 281 g/mol. The number of ether oxygens (including phenoxy) is 1. The van der Waals surface area contributed by atoms with Crippen LogP contribution in [0.3, 0.4) is 0 Å². The zero-order chi connectivity index (χ0) is 15.7. The molecule has 1 aliphatic rings. The maximum absolute atomic E-state index is 12.5. The van der Waals surface area contributed by atoms with Crippen molar-refractivity contribution in [2.75, 3.05) is 45.9 Å². The van der Waals surface area contributed by atoms with Gasteiger partial charge in [0.2, 0.25) is 0 Å².